The number of hydrogen-bond acceptors (Lipinski definition) is 6. The van der Waals surface area contributed by atoms with E-state index in [1.54, 1.807) is 43.1 Å². The number of nitrogens with zero attached hydrogens (tertiary/aromatic N) is 2. The van der Waals surface area contributed by atoms with E-state index in [9.17, 15) is 10.1 Å². The SMILES string of the molecule is COc1ccc(CCn2c(C)cc3c(c2=O)[C@H](c2cccc(Cl)c2)C(C#N)=C(N)O3)cc1OC. The molecule has 1 aliphatic heterocycles. The number of methoxy groups -OCH3 is 2. The lowest BCUT2D eigenvalue weighted by Gasteiger charge is -2.27. The zero-order valence-electron chi connectivity index (χ0n) is 19.1. The van der Waals surface area contributed by atoms with Gasteiger partial charge in [-0.25, -0.2) is 0 Å². The molecule has 1 atom stereocenters. The van der Waals surface area contributed by atoms with Crippen molar-refractivity contribution in [3.63, 3.8) is 0 Å². The van der Waals surface area contributed by atoms with Gasteiger partial charge in [-0.3, -0.25) is 4.79 Å². The first-order chi connectivity index (χ1) is 16.4. The summed E-state index contributed by atoms with van der Waals surface area (Å²) in [6.45, 7) is 2.27. The van der Waals surface area contributed by atoms with E-state index in [0.29, 0.717) is 46.4 Å². The minimum Gasteiger partial charge on any atom is -0.493 e. The van der Waals surface area contributed by atoms with Crippen LogP contribution in [-0.4, -0.2) is 18.8 Å². The van der Waals surface area contributed by atoms with E-state index in [4.69, 9.17) is 31.5 Å². The molecule has 0 fully saturated rings. The average molecular weight is 478 g/mol. The Hall–Kier alpha value is -3.89. The molecule has 0 aliphatic carbocycles. The standard InChI is InChI=1S/C26H24ClN3O4/c1-15-11-22-24(23(19(14-28)25(29)34-22)17-5-4-6-18(27)13-17)26(31)30(15)10-9-16-7-8-20(32-2)21(12-16)33-3/h4-8,11-13,23H,9-10,29H2,1-3H3/t23-/m1/s1. The number of pyridine rings is 1. The zero-order chi connectivity index (χ0) is 24.4. The molecule has 174 valence electrons. The van der Waals surface area contributed by atoms with Crippen molar-refractivity contribution < 1.29 is 14.2 Å². The van der Waals surface area contributed by atoms with Crippen molar-refractivity contribution in [1.29, 1.82) is 5.26 Å². The van der Waals surface area contributed by atoms with Crippen LogP contribution in [0.15, 0.2) is 64.8 Å². The highest BCUT2D eigenvalue weighted by molar-refractivity contribution is 6.30. The predicted molar refractivity (Wildman–Crippen MR) is 129 cm³/mol. The summed E-state index contributed by atoms with van der Waals surface area (Å²) in [5, 5.41) is 10.3. The number of nitrogens with two attached hydrogens (primary N) is 1. The lowest BCUT2D eigenvalue weighted by atomic mass is 9.84. The smallest absolute Gasteiger partial charge is 0.258 e. The number of hydrogen-bond donors (Lipinski definition) is 1. The summed E-state index contributed by atoms with van der Waals surface area (Å²) in [6.07, 6.45) is 0.589. The minimum atomic E-state index is -0.673. The van der Waals surface area contributed by atoms with Gasteiger partial charge in [-0.1, -0.05) is 29.8 Å². The highest BCUT2D eigenvalue weighted by Gasteiger charge is 2.34. The van der Waals surface area contributed by atoms with Gasteiger partial charge in [0, 0.05) is 23.3 Å². The number of aromatic nitrogens is 1. The van der Waals surface area contributed by atoms with E-state index in [-0.39, 0.29) is 17.0 Å². The molecule has 0 spiro atoms. The maximum atomic E-state index is 13.7. The van der Waals surface area contributed by atoms with E-state index >= 15 is 0 Å². The highest BCUT2D eigenvalue weighted by atomic mass is 35.5. The topological polar surface area (TPSA) is 99.5 Å². The van der Waals surface area contributed by atoms with Crippen molar-refractivity contribution >= 4 is 11.6 Å². The van der Waals surface area contributed by atoms with Crippen LogP contribution in [0.25, 0.3) is 0 Å². The molecule has 3 aromatic rings. The lowest BCUT2D eigenvalue weighted by molar-refractivity contribution is 0.354. The van der Waals surface area contributed by atoms with Crippen molar-refractivity contribution in [2.24, 2.45) is 5.73 Å². The number of fused-ring (bicyclic) bond motifs is 1. The summed E-state index contributed by atoms with van der Waals surface area (Å²) in [4.78, 5) is 13.7. The van der Waals surface area contributed by atoms with Crippen molar-refractivity contribution in [1.82, 2.24) is 4.57 Å². The van der Waals surface area contributed by atoms with Gasteiger partial charge in [0.1, 0.15) is 17.4 Å². The van der Waals surface area contributed by atoms with E-state index < -0.39 is 5.92 Å². The van der Waals surface area contributed by atoms with Crippen molar-refractivity contribution in [2.75, 3.05) is 14.2 Å². The maximum absolute atomic E-state index is 13.7. The number of ether oxygens (including phenoxy) is 3. The molecular weight excluding hydrogens is 454 g/mol. The Morgan fingerprint density at radius 2 is 1.91 bits per heavy atom. The van der Waals surface area contributed by atoms with Crippen LogP contribution in [0.4, 0.5) is 0 Å². The van der Waals surface area contributed by atoms with Crippen LogP contribution in [0, 0.1) is 18.3 Å². The van der Waals surface area contributed by atoms with Gasteiger partial charge in [0.05, 0.1) is 25.7 Å². The summed E-state index contributed by atoms with van der Waals surface area (Å²) in [5.74, 6) is 0.938. The van der Waals surface area contributed by atoms with Gasteiger partial charge in [-0.05, 0) is 48.7 Å². The summed E-state index contributed by atoms with van der Waals surface area (Å²) in [5.41, 5.74) is 8.79. The number of nitriles is 1. The van der Waals surface area contributed by atoms with Crippen molar-refractivity contribution in [2.45, 2.75) is 25.8 Å². The van der Waals surface area contributed by atoms with Gasteiger partial charge in [0.2, 0.25) is 5.88 Å². The monoisotopic (exact) mass is 477 g/mol. The molecule has 0 unspecified atom stereocenters. The predicted octanol–water partition coefficient (Wildman–Crippen LogP) is 4.29. The first-order valence-corrected chi connectivity index (χ1v) is 11.0. The molecule has 34 heavy (non-hydrogen) atoms. The van der Waals surface area contributed by atoms with Gasteiger partial charge < -0.3 is 24.5 Å². The van der Waals surface area contributed by atoms with Crippen molar-refractivity contribution in [3.05, 3.63) is 97.7 Å². The summed E-state index contributed by atoms with van der Waals surface area (Å²) in [6, 6.07) is 16.6. The number of allylic oxidation sites excluding steroid dienone is 1. The van der Waals surface area contributed by atoms with Gasteiger partial charge in [0.25, 0.3) is 5.56 Å². The van der Waals surface area contributed by atoms with Crippen molar-refractivity contribution in [3.8, 4) is 23.3 Å². The Morgan fingerprint density at radius 1 is 1.15 bits per heavy atom. The number of rotatable bonds is 6. The van der Waals surface area contributed by atoms with Crippen LogP contribution in [0.5, 0.6) is 17.2 Å². The second-order valence-corrected chi connectivity index (χ2v) is 8.38. The first kappa shape index (κ1) is 23.3. The third-order valence-electron chi connectivity index (χ3n) is 5.94. The third-order valence-corrected chi connectivity index (χ3v) is 6.18. The molecule has 0 saturated heterocycles. The Bertz CT molecular complexity index is 1390. The normalized spacial score (nSPS) is 14.7. The Morgan fingerprint density at radius 3 is 2.59 bits per heavy atom. The Labute approximate surface area is 202 Å². The fraction of sp³-hybridized carbons (Fsp3) is 0.231. The van der Waals surface area contributed by atoms with Gasteiger partial charge in [-0.2, -0.15) is 5.26 Å². The van der Waals surface area contributed by atoms with Crippen LogP contribution >= 0.6 is 11.6 Å². The molecule has 0 saturated carbocycles. The molecule has 1 aliphatic rings. The van der Waals surface area contributed by atoms with Crippen LogP contribution in [0.3, 0.4) is 0 Å². The van der Waals surface area contributed by atoms with E-state index in [2.05, 4.69) is 6.07 Å². The number of halogens is 1. The van der Waals surface area contributed by atoms with Gasteiger partial charge >= 0.3 is 0 Å². The summed E-state index contributed by atoms with van der Waals surface area (Å²) in [7, 11) is 3.17. The molecule has 0 radical (unpaired) electrons. The highest BCUT2D eigenvalue weighted by Crippen LogP contribution is 2.41. The van der Waals surface area contributed by atoms with Crippen LogP contribution < -0.4 is 25.5 Å². The molecule has 0 bridgehead atoms. The summed E-state index contributed by atoms with van der Waals surface area (Å²) < 4.78 is 18.1. The van der Waals surface area contributed by atoms with Crippen LogP contribution in [-0.2, 0) is 13.0 Å². The number of aryl methyl sites for hydroxylation is 2. The largest absolute Gasteiger partial charge is 0.493 e. The molecular formula is C26H24ClN3O4. The number of benzene rings is 2. The third kappa shape index (κ3) is 4.20. The molecule has 2 heterocycles. The summed E-state index contributed by atoms with van der Waals surface area (Å²) >= 11 is 6.21. The molecule has 7 nitrogen and oxygen atoms in total. The van der Waals surface area contributed by atoms with E-state index in [0.717, 1.165) is 11.3 Å². The zero-order valence-corrected chi connectivity index (χ0v) is 19.8. The van der Waals surface area contributed by atoms with E-state index in [1.165, 1.54) is 0 Å². The molecule has 2 N–H and O–H groups in total. The van der Waals surface area contributed by atoms with Gasteiger partial charge in [0.15, 0.2) is 11.5 Å². The van der Waals surface area contributed by atoms with E-state index in [1.807, 2.05) is 31.2 Å². The molecule has 0 amide bonds. The van der Waals surface area contributed by atoms with Crippen LogP contribution in [0.1, 0.15) is 28.3 Å². The fourth-order valence-corrected chi connectivity index (χ4v) is 4.46. The molecule has 2 aromatic carbocycles. The van der Waals surface area contributed by atoms with Gasteiger partial charge in [-0.15, -0.1) is 0 Å². The first-order valence-electron chi connectivity index (χ1n) is 10.7. The second kappa shape index (κ2) is 9.54. The molecule has 8 heteroatoms. The second-order valence-electron chi connectivity index (χ2n) is 7.94. The Kier molecular flexibility index (Phi) is 6.53. The molecule has 4 rings (SSSR count). The molecule has 1 aromatic heterocycles. The Balaban J connectivity index is 1.77. The minimum absolute atomic E-state index is 0.0122. The lowest BCUT2D eigenvalue weighted by Crippen LogP contribution is -2.33. The fourth-order valence-electron chi connectivity index (χ4n) is 4.26. The quantitative estimate of drug-likeness (QED) is 0.568. The maximum Gasteiger partial charge on any atom is 0.258 e. The van der Waals surface area contributed by atoms with Crippen LogP contribution in [0.2, 0.25) is 5.02 Å². The average Bonchev–Trinajstić information content (AvgIpc) is 2.82.